The largest absolute Gasteiger partial charge is 0.393 e. The van der Waals surface area contributed by atoms with Gasteiger partial charge in [-0.25, -0.2) is 14.4 Å². The van der Waals surface area contributed by atoms with Crippen molar-refractivity contribution in [1.82, 2.24) is 19.5 Å². The van der Waals surface area contributed by atoms with E-state index in [2.05, 4.69) is 25.6 Å². The molecule has 1 saturated carbocycles. The number of aromatic nitrogens is 4. The molecule has 0 radical (unpaired) electrons. The van der Waals surface area contributed by atoms with Gasteiger partial charge in [-0.1, -0.05) is 12.1 Å². The summed E-state index contributed by atoms with van der Waals surface area (Å²) in [6.45, 7) is 4.05. The minimum Gasteiger partial charge on any atom is -0.393 e. The Labute approximate surface area is 163 Å². The van der Waals surface area contributed by atoms with Crippen molar-refractivity contribution in [3.8, 4) is 0 Å². The molecular formula is C20H25FN6O. The van der Waals surface area contributed by atoms with Crippen molar-refractivity contribution in [3.05, 3.63) is 36.3 Å². The van der Waals surface area contributed by atoms with Crippen LogP contribution in [-0.2, 0) is 0 Å². The van der Waals surface area contributed by atoms with Gasteiger partial charge in [0, 0.05) is 12.1 Å². The van der Waals surface area contributed by atoms with Crippen molar-refractivity contribution >= 4 is 28.7 Å². The summed E-state index contributed by atoms with van der Waals surface area (Å²) in [5, 5.41) is 16.2. The van der Waals surface area contributed by atoms with Gasteiger partial charge in [-0.05, 0) is 51.7 Å². The van der Waals surface area contributed by atoms with Crippen molar-refractivity contribution in [1.29, 1.82) is 0 Å². The summed E-state index contributed by atoms with van der Waals surface area (Å²) < 4.78 is 16.2. The predicted molar refractivity (Wildman–Crippen MR) is 107 cm³/mol. The zero-order valence-electron chi connectivity index (χ0n) is 16.1. The van der Waals surface area contributed by atoms with Crippen molar-refractivity contribution in [2.45, 2.75) is 57.7 Å². The standard InChI is InChI=1S/C20H25FN6O/c1-12(2)23-19-22-11-17-18(26-19)27(13-7-9-14(28)10-8-13)20(25-17)24-16-6-4-3-5-15(16)21/h3-6,11-14,28H,7-10H2,1-2H3,(H,24,25)(H,22,23,26). The summed E-state index contributed by atoms with van der Waals surface area (Å²) in [5.41, 5.74) is 1.72. The number of para-hydroxylation sites is 1. The van der Waals surface area contributed by atoms with Gasteiger partial charge in [0.2, 0.25) is 11.9 Å². The van der Waals surface area contributed by atoms with E-state index >= 15 is 0 Å². The van der Waals surface area contributed by atoms with Gasteiger partial charge in [0.25, 0.3) is 0 Å². The zero-order valence-corrected chi connectivity index (χ0v) is 16.1. The highest BCUT2D eigenvalue weighted by molar-refractivity contribution is 5.76. The van der Waals surface area contributed by atoms with E-state index in [0.29, 0.717) is 28.7 Å². The van der Waals surface area contributed by atoms with Crippen LogP contribution in [0, 0.1) is 5.82 Å². The molecule has 0 aliphatic heterocycles. The Morgan fingerprint density at radius 1 is 1.14 bits per heavy atom. The minimum atomic E-state index is -0.339. The monoisotopic (exact) mass is 384 g/mol. The maximum Gasteiger partial charge on any atom is 0.224 e. The van der Waals surface area contributed by atoms with Crippen LogP contribution in [-0.4, -0.2) is 36.8 Å². The van der Waals surface area contributed by atoms with Gasteiger partial charge < -0.3 is 15.7 Å². The topological polar surface area (TPSA) is 87.9 Å². The smallest absolute Gasteiger partial charge is 0.224 e. The molecule has 0 saturated heterocycles. The first kappa shape index (κ1) is 18.6. The van der Waals surface area contributed by atoms with Gasteiger partial charge in [-0.15, -0.1) is 0 Å². The average Bonchev–Trinajstić information content (AvgIpc) is 3.01. The average molecular weight is 384 g/mol. The number of imidazole rings is 1. The first-order valence-corrected chi connectivity index (χ1v) is 9.72. The third-order valence-corrected chi connectivity index (χ3v) is 5.00. The van der Waals surface area contributed by atoms with E-state index in [9.17, 15) is 9.50 Å². The number of anilines is 3. The molecule has 1 aliphatic carbocycles. The molecule has 8 heteroatoms. The molecule has 0 bridgehead atoms. The van der Waals surface area contributed by atoms with Crippen LogP contribution in [0.2, 0.25) is 0 Å². The van der Waals surface area contributed by atoms with E-state index in [1.54, 1.807) is 24.4 Å². The van der Waals surface area contributed by atoms with E-state index in [1.165, 1.54) is 6.07 Å². The lowest BCUT2D eigenvalue weighted by molar-refractivity contribution is 0.112. The Morgan fingerprint density at radius 2 is 1.89 bits per heavy atom. The van der Waals surface area contributed by atoms with Crippen LogP contribution >= 0.6 is 0 Å². The normalized spacial score (nSPS) is 19.9. The van der Waals surface area contributed by atoms with Gasteiger partial charge in [-0.3, -0.25) is 4.57 Å². The number of benzene rings is 1. The molecule has 1 aliphatic rings. The molecule has 4 rings (SSSR count). The highest BCUT2D eigenvalue weighted by Crippen LogP contribution is 2.35. The molecule has 0 unspecified atom stereocenters. The number of rotatable bonds is 5. The minimum absolute atomic E-state index is 0.129. The molecule has 2 aromatic heterocycles. The van der Waals surface area contributed by atoms with Gasteiger partial charge in [-0.2, -0.15) is 4.98 Å². The van der Waals surface area contributed by atoms with Crippen molar-refractivity contribution in [2.24, 2.45) is 0 Å². The van der Waals surface area contributed by atoms with E-state index < -0.39 is 0 Å². The zero-order chi connectivity index (χ0) is 19.7. The van der Waals surface area contributed by atoms with Crippen LogP contribution in [0.5, 0.6) is 0 Å². The van der Waals surface area contributed by atoms with Gasteiger partial charge in [0.15, 0.2) is 5.65 Å². The molecule has 1 fully saturated rings. The van der Waals surface area contributed by atoms with Crippen LogP contribution in [0.4, 0.5) is 22.0 Å². The summed E-state index contributed by atoms with van der Waals surface area (Å²) in [7, 11) is 0. The molecule has 0 amide bonds. The molecule has 0 spiro atoms. The highest BCUT2D eigenvalue weighted by Gasteiger charge is 2.26. The predicted octanol–water partition coefficient (Wildman–Crippen LogP) is 4.01. The van der Waals surface area contributed by atoms with E-state index in [-0.39, 0.29) is 24.0 Å². The lowest BCUT2D eigenvalue weighted by atomic mass is 9.93. The Morgan fingerprint density at radius 3 is 2.61 bits per heavy atom. The van der Waals surface area contributed by atoms with Gasteiger partial charge in [0.1, 0.15) is 11.3 Å². The molecule has 3 N–H and O–H groups in total. The number of nitrogens with zero attached hydrogens (tertiary/aromatic N) is 4. The van der Waals surface area contributed by atoms with E-state index in [4.69, 9.17) is 0 Å². The number of halogens is 1. The van der Waals surface area contributed by atoms with Crippen LogP contribution in [0.15, 0.2) is 30.5 Å². The van der Waals surface area contributed by atoms with E-state index in [1.807, 2.05) is 18.4 Å². The van der Waals surface area contributed by atoms with Gasteiger partial charge in [0.05, 0.1) is 18.0 Å². The highest BCUT2D eigenvalue weighted by atomic mass is 19.1. The maximum atomic E-state index is 14.2. The number of nitrogens with one attached hydrogen (secondary N) is 2. The molecule has 28 heavy (non-hydrogen) atoms. The molecular weight excluding hydrogens is 359 g/mol. The van der Waals surface area contributed by atoms with Gasteiger partial charge >= 0.3 is 0 Å². The second kappa shape index (κ2) is 7.71. The van der Waals surface area contributed by atoms with Crippen LogP contribution < -0.4 is 10.6 Å². The van der Waals surface area contributed by atoms with Crippen molar-refractivity contribution in [2.75, 3.05) is 10.6 Å². The van der Waals surface area contributed by atoms with Crippen molar-refractivity contribution < 1.29 is 9.50 Å². The van der Waals surface area contributed by atoms with E-state index in [0.717, 1.165) is 25.7 Å². The summed E-state index contributed by atoms with van der Waals surface area (Å²) >= 11 is 0. The third kappa shape index (κ3) is 3.77. The quantitative estimate of drug-likeness (QED) is 0.616. The fourth-order valence-electron chi connectivity index (χ4n) is 3.65. The van der Waals surface area contributed by atoms with Crippen LogP contribution in [0.1, 0.15) is 45.6 Å². The molecule has 1 aromatic carbocycles. The van der Waals surface area contributed by atoms with Crippen LogP contribution in [0.25, 0.3) is 11.2 Å². The number of aliphatic hydroxyl groups excluding tert-OH is 1. The van der Waals surface area contributed by atoms with Crippen molar-refractivity contribution in [3.63, 3.8) is 0 Å². The Kier molecular flexibility index (Phi) is 5.13. The summed E-state index contributed by atoms with van der Waals surface area (Å²) in [6.07, 6.45) is 4.51. The lowest BCUT2D eigenvalue weighted by Crippen LogP contribution is -2.22. The first-order valence-electron chi connectivity index (χ1n) is 9.72. The second-order valence-electron chi connectivity index (χ2n) is 7.57. The SMILES string of the molecule is CC(C)Nc1ncc2nc(Nc3ccccc3F)n(C3CCC(O)CC3)c2n1. The Balaban J connectivity index is 1.78. The Bertz CT molecular complexity index is 964. The fourth-order valence-corrected chi connectivity index (χ4v) is 3.65. The maximum absolute atomic E-state index is 14.2. The number of hydrogen-bond acceptors (Lipinski definition) is 6. The molecule has 2 heterocycles. The number of hydrogen-bond donors (Lipinski definition) is 3. The Hall–Kier alpha value is -2.74. The molecule has 148 valence electrons. The third-order valence-electron chi connectivity index (χ3n) is 5.00. The molecule has 0 atom stereocenters. The number of aliphatic hydroxyl groups is 1. The molecule has 7 nitrogen and oxygen atoms in total. The summed E-state index contributed by atoms with van der Waals surface area (Å²) in [5.74, 6) is 0.739. The number of fused-ring (bicyclic) bond motifs is 1. The second-order valence-corrected chi connectivity index (χ2v) is 7.57. The molecule has 3 aromatic rings. The summed E-state index contributed by atoms with van der Waals surface area (Å²) in [4.78, 5) is 13.7. The van der Waals surface area contributed by atoms with Crippen LogP contribution in [0.3, 0.4) is 0 Å². The lowest BCUT2D eigenvalue weighted by Gasteiger charge is -2.28. The summed E-state index contributed by atoms with van der Waals surface area (Å²) in [6, 6.07) is 6.86. The fraction of sp³-hybridized carbons (Fsp3) is 0.450. The first-order chi connectivity index (χ1) is 13.5.